The fourth-order valence-electron chi connectivity index (χ4n) is 4.89. The lowest BCUT2D eigenvalue weighted by Gasteiger charge is -2.13. The number of para-hydroxylation sites is 1. The van der Waals surface area contributed by atoms with Gasteiger partial charge in [0.05, 0.1) is 31.1 Å². The van der Waals surface area contributed by atoms with Crippen LogP contribution in [0.1, 0.15) is 53.3 Å². The topological polar surface area (TPSA) is 134 Å². The molecule has 236 valence electrons. The Hall–Kier alpha value is -4.36. The molecule has 0 fully saturated rings. The second kappa shape index (κ2) is 15.6. The van der Waals surface area contributed by atoms with Gasteiger partial charge in [-0.15, -0.1) is 21.5 Å². The van der Waals surface area contributed by atoms with Gasteiger partial charge in [-0.1, -0.05) is 30.0 Å². The quantitative estimate of drug-likeness (QED) is 0.140. The van der Waals surface area contributed by atoms with Gasteiger partial charge in [0, 0.05) is 10.6 Å². The molecule has 1 aliphatic rings. The van der Waals surface area contributed by atoms with Crippen LogP contribution in [0, 0.1) is 0 Å². The lowest BCUT2D eigenvalue weighted by Crippen LogP contribution is -2.29. The van der Waals surface area contributed by atoms with Crippen molar-refractivity contribution < 1.29 is 28.6 Å². The first-order valence-electron chi connectivity index (χ1n) is 14.8. The van der Waals surface area contributed by atoms with Crippen LogP contribution in [0.3, 0.4) is 0 Å². The minimum Gasteiger partial charge on any atom is -0.494 e. The van der Waals surface area contributed by atoms with Gasteiger partial charge < -0.3 is 24.8 Å². The predicted molar refractivity (Wildman–Crippen MR) is 173 cm³/mol. The zero-order valence-corrected chi connectivity index (χ0v) is 26.8. The van der Waals surface area contributed by atoms with Crippen molar-refractivity contribution in [2.75, 3.05) is 30.9 Å². The highest BCUT2D eigenvalue weighted by atomic mass is 32.2. The van der Waals surface area contributed by atoms with Crippen LogP contribution in [0.2, 0.25) is 0 Å². The molecule has 0 saturated carbocycles. The summed E-state index contributed by atoms with van der Waals surface area (Å²) in [6, 6.07) is 16.5. The summed E-state index contributed by atoms with van der Waals surface area (Å²) in [5, 5.41) is 15.4. The Kier molecular flexibility index (Phi) is 11.1. The van der Waals surface area contributed by atoms with E-state index in [1.807, 2.05) is 49.4 Å². The van der Waals surface area contributed by atoms with Crippen molar-refractivity contribution in [3.8, 4) is 17.2 Å². The molecule has 0 atom stereocenters. The molecule has 2 aromatic carbocycles. The molecule has 0 saturated heterocycles. The molecule has 0 unspecified atom stereocenters. The summed E-state index contributed by atoms with van der Waals surface area (Å²) in [6.45, 7) is 4.42. The molecule has 45 heavy (non-hydrogen) atoms. The van der Waals surface area contributed by atoms with Crippen LogP contribution in [-0.2, 0) is 33.7 Å². The van der Waals surface area contributed by atoms with Gasteiger partial charge in [-0.3, -0.25) is 14.2 Å². The van der Waals surface area contributed by atoms with E-state index in [-0.39, 0.29) is 37.3 Å². The predicted octanol–water partition coefficient (Wildman–Crippen LogP) is 5.21. The van der Waals surface area contributed by atoms with Crippen molar-refractivity contribution in [2.45, 2.75) is 51.2 Å². The number of aryl methyl sites for hydroxylation is 1. The number of rotatable bonds is 14. The van der Waals surface area contributed by atoms with Gasteiger partial charge in [0.15, 0.2) is 17.6 Å². The molecule has 13 heteroatoms. The molecule has 2 heterocycles. The van der Waals surface area contributed by atoms with E-state index in [1.54, 1.807) is 23.6 Å². The highest BCUT2D eigenvalue weighted by Gasteiger charge is 2.27. The number of thioether (sulfide) groups is 1. The summed E-state index contributed by atoms with van der Waals surface area (Å²) in [4.78, 5) is 39.7. The van der Waals surface area contributed by atoms with Gasteiger partial charge in [-0.25, -0.2) is 4.79 Å². The van der Waals surface area contributed by atoms with E-state index in [0.29, 0.717) is 39.7 Å². The van der Waals surface area contributed by atoms with Crippen LogP contribution >= 0.6 is 23.1 Å². The lowest BCUT2D eigenvalue weighted by molar-refractivity contribution is -0.123. The molecule has 5 rings (SSSR count). The second-order valence-corrected chi connectivity index (χ2v) is 12.1. The average molecular weight is 650 g/mol. The Morgan fingerprint density at radius 1 is 0.911 bits per heavy atom. The number of carbonyl (C=O) groups excluding carboxylic acids is 3. The summed E-state index contributed by atoms with van der Waals surface area (Å²) in [7, 11) is 0. The third-order valence-corrected chi connectivity index (χ3v) is 9.04. The first-order chi connectivity index (χ1) is 22.0. The Balaban J connectivity index is 1.29. The molecule has 11 nitrogen and oxygen atoms in total. The van der Waals surface area contributed by atoms with E-state index in [4.69, 9.17) is 14.2 Å². The SMILES string of the molecule is CCOC(=O)c1c(NC(=O)CSc2nnc(CNC(=O)COc3ccccc3)n2-c2ccc(OCC)cc2)sc2c1CCCC2. The number of thiophene rings is 1. The van der Waals surface area contributed by atoms with Crippen molar-refractivity contribution in [3.05, 3.63) is 76.4 Å². The van der Waals surface area contributed by atoms with Crippen molar-refractivity contribution in [1.82, 2.24) is 20.1 Å². The smallest absolute Gasteiger partial charge is 0.341 e. The van der Waals surface area contributed by atoms with E-state index in [2.05, 4.69) is 20.8 Å². The number of hydrogen-bond acceptors (Lipinski definition) is 10. The van der Waals surface area contributed by atoms with Gasteiger partial charge in [-0.05, 0) is 81.5 Å². The number of aromatic nitrogens is 3. The first kappa shape index (κ1) is 32.0. The minimum atomic E-state index is -0.407. The zero-order chi connectivity index (χ0) is 31.6. The molecular weight excluding hydrogens is 615 g/mol. The largest absolute Gasteiger partial charge is 0.494 e. The van der Waals surface area contributed by atoms with Gasteiger partial charge >= 0.3 is 5.97 Å². The maximum Gasteiger partial charge on any atom is 0.341 e. The summed E-state index contributed by atoms with van der Waals surface area (Å²) in [5.74, 6) is 0.813. The number of fused-ring (bicyclic) bond motifs is 1. The highest BCUT2D eigenvalue weighted by Crippen LogP contribution is 2.39. The van der Waals surface area contributed by atoms with Crippen LogP contribution in [0.4, 0.5) is 5.00 Å². The maximum atomic E-state index is 13.2. The van der Waals surface area contributed by atoms with Crippen molar-refractivity contribution in [2.24, 2.45) is 0 Å². The van der Waals surface area contributed by atoms with Crippen molar-refractivity contribution in [3.63, 3.8) is 0 Å². The molecule has 0 radical (unpaired) electrons. The number of anilines is 1. The van der Waals surface area contributed by atoms with Crippen LogP contribution < -0.4 is 20.1 Å². The molecular formula is C32H35N5O6S2. The number of nitrogens with one attached hydrogen (secondary N) is 2. The van der Waals surface area contributed by atoms with Gasteiger partial charge in [-0.2, -0.15) is 0 Å². The number of esters is 1. The Morgan fingerprint density at radius 3 is 2.42 bits per heavy atom. The maximum absolute atomic E-state index is 13.2. The highest BCUT2D eigenvalue weighted by molar-refractivity contribution is 7.99. The normalized spacial score (nSPS) is 12.2. The number of ether oxygens (including phenoxy) is 3. The summed E-state index contributed by atoms with van der Waals surface area (Å²) < 4.78 is 18.2. The van der Waals surface area contributed by atoms with Gasteiger partial charge in [0.1, 0.15) is 16.5 Å². The van der Waals surface area contributed by atoms with Crippen molar-refractivity contribution in [1.29, 1.82) is 0 Å². The lowest BCUT2D eigenvalue weighted by atomic mass is 9.95. The molecule has 1 aliphatic carbocycles. The number of benzene rings is 2. The zero-order valence-electron chi connectivity index (χ0n) is 25.2. The fraction of sp³-hybridized carbons (Fsp3) is 0.344. The van der Waals surface area contributed by atoms with Crippen LogP contribution in [0.5, 0.6) is 11.5 Å². The average Bonchev–Trinajstić information content (AvgIpc) is 3.63. The minimum absolute atomic E-state index is 0.0251. The monoisotopic (exact) mass is 649 g/mol. The van der Waals surface area contributed by atoms with E-state index < -0.39 is 5.97 Å². The molecule has 4 aromatic rings. The Bertz CT molecular complexity index is 1620. The number of amides is 2. The van der Waals surface area contributed by atoms with Crippen molar-refractivity contribution >= 4 is 45.9 Å². The van der Waals surface area contributed by atoms with Crippen LogP contribution in [0.15, 0.2) is 59.8 Å². The molecule has 0 bridgehead atoms. The number of hydrogen-bond donors (Lipinski definition) is 2. The standard InChI is InChI=1S/C32H35N5O6S2/c1-3-41-23-16-14-21(15-17-23)37-26(18-33-27(38)19-43-22-10-6-5-7-11-22)35-36-32(37)44-20-28(39)34-30-29(31(40)42-4-2)24-12-8-9-13-25(24)45-30/h5-7,10-11,14-17H,3-4,8-9,12-13,18-20H2,1-2H3,(H,33,38)(H,34,39). The summed E-state index contributed by atoms with van der Waals surface area (Å²) in [5.41, 5.74) is 2.21. The third-order valence-electron chi connectivity index (χ3n) is 6.90. The Morgan fingerprint density at radius 2 is 1.67 bits per heavy atom. The number of nitrogens with zero attached hydrogens (tertiary/aromatic N) is 3. The number of carbonyl (C=O) groups is 3. The molecule has 2 N–H and O–H groups in total. The van der Waals surface area contributed by atoms with E-state index in [9.17, 15) is 14.4 Å². The van der Waals surface area contributed by atoms with E-state index in [0.717, 1.165) is 41.8 Å². The second-order valence-electron chi connectivity index (χ2n) is 10.0. The Labute approximate surface area is 269 Å². The van der Waals surface area contributed by atoms with Gasteiger partial charge in [0.2, 0.25) is 5.91 Å². The van der Waals surface area contributed by atoms with E-state index in [1.165, 1.54) is 23.1 Å². The summed E-state index contributed by atoms with van der Waals surface area (Å²) >= 11 is 2.65. The molecule has 2 aromatic heterocycles. The van der Waals surface area contributed by atoms with Crippen LogP contribution in [-0.4, -0.2) is 58.1 Å². The molecule has 2 amide bonds. The third kappa shape index (κ3) is 8.22. The molecule has 0 aliphatic heterocycles. The fourth-order valence-corrected chi connectivity index (χ4v) is 6.95. The summed E-state index contributed by atoms with van der Waals surface area (Å²) in [6.07, 6.45) is 3.75. The van der Waals surface area contributed by atoms with E-state index >= 15 is 0 Å². The van der Waals surface area contributed by atoms with Gasteiger partial charge in [0.25, 0.3) is 5.91 Å². The van der Waals surface area contributed by atoms with Crippen LogP contribution in [0.25, 0.3) is 5.69 Å². The first-order valence-corrected chi connectivity index (χ1v) is 16.6. The molecule has 0 spiro atoms.